The highest BCUT2D eigenvalue weighted by molar-refractivity contribution is 6.31. The fraction of sp³-hybridized carbons (Fsp3) is 0.733. The number of hydrogen-bond acceptors (Lipinski definition) is 4. The number of methoxy groups -OCH3 is 1. The van der Waals surface area contributed by atoms with Gasteiger partial charge in [0.15, 0.2) is 5.15 Å². The van der Waals surface area contributed by atoms with E-state index < -0.39 is 0 Å². The Labute approximate surface area is 125 Å². The average molecular weight is 299 g/mol. The summed E-state index contributed by atoms with van der Waals surface area (Å²) >= 11 is 6.02. The summed E-state index contributed by atoms with van der Waals surface area (Å²) in [6, 6.07) is 0. The normalized spacial score (nSPS) is 26.6. The van der Waals surface area contributed by atoms with Gasteiger partial charge in [-0.15, -0.1) is 0 Å². The van der Waals surface area contributed by atoms with E-state index in [0.717, 1.165) is 6.42 Å². The minimum atomic E-state index is 0.165. The summed E-state index contributed by atoms with van der Waals surface area (Å²) in [5.74, 6) is 2.70. The number of halogens is 1. The van der Waals surface area contributed by atoms with Crippen LogP contribution >= 0.6 is 11.6 Å². The zero-order valence-electron chi connectivity index (χ0n) is 12.6. The third-order valence-corrected chi connectivity index (χ3v) is 4.43. The molecule has 3 atom stereocenters. The van der Waals surface area contributed by atoms with Crippen LogP contribution in [0.3, 0.4) is 0 Å². The molecule has 112 valence electrons. The van der Waals surface area contributed by atoms with Gasteiger partial charge in [0, 0.05) is 0 Å². The van der Waals surface area contributed by atoms with E-state index >= 15 is 0 Å². The number of aromatic nitrogens is 2. The SMILES string of the molecule is COc1c(Cl)ncnc1OC1CC(C)CCC1C(C)C. The second-order valence-electron chi connectivity index (χ2n) is 5.99. The van der Waals surface area contributed by atoms with Crippen LogP contribution in [0.4, 0.5) is 0 Å². The van der Waals surface area contributed by atoms with E-state index in [0.29, 0.717) is 34.5 Å². The van der Waals surface area contributed by atoms with Crippen molar-refractivity contribution in [3.8, 4) is 11.6 Å². The Bertz CT molecular complexity index is 453. The predicted octanol–water partition coefficient (Wildman–Crippen LogP) is 3.98. The number of nitrogens with zero attached hydrogens (tertiary/aromatic N) is 2. The highest BCUT2D eigenvalue weighted by Crippen LogP contribution is 2.38. The molecule has 1 aromatic rings. The highest BCUT2D eigenvalue weighted by atomic mass is 35.5. The molecule has 1 fully saturated rings. The molecule has 1 aromatic heterocycles. The first-order chi connectivity index (χ1) is 9.52. The molecule has 0 aromatic carbocycles. The molecule has 0 saturated heterocycles. The van der Waals surface area contributed by atoms with Gasteiger partial charge in [-0.3, -0.25) is 0 Å². The Balaban J connectivity index is 2.20. The van der Waals surface area contributed by atoms with Crippen LogP contribution in [0.2, 0.25) is 5.15 Å². The standard InChI is InChI=1S/C15H23ClN2O2/c1-9(2)11-6-5-10(3)7-12(11)20-15-13(19-4)14(16)17-8-18-15/h8-12H,5-7H2,1-4H3. The van der Waals surface area contributed by atoms with E-state index in [2.05, 4.69) is 30.7 Å². The summed E-state index contributed by atoms with van der Waals surface area (Å²) in [5.41, 5.74) is 0. The Morgan fingerprint density at radius 3 is 2.70 bits per heavy atom. The molecule has 3 unspecified atom stereocenters. The maximum Gasteiger partial charge on any atom is 0.262 e. The molecule has 4 nitrogen and oxygen atoms in total. The monoisotopic (exact) mass is 298 g/mol. The molecule has 0 amide bonds. The van der Waals surface area contributed by atoms with Crippen LogP contribution in [-0.2, 0) is 0 Å². The van der Waals surface area contributed by atoms with Crippen LogP contribution in [0.15, 0.2) is 6.33 Å². The van der Waals surface area contributed by atoms with E-state index in [1.807, 2.05) is 0 Å². The minimum absolute atomic E-state index is 0.165. The van der Waals surface area contributed by atoms with Gasteiger partial charge in [0.1, 0.15) is 12.4 Å². The van der Waals surface area contributed by atoms with Gasteiger partial charge in [-0.2, -0.15) is 4.98 Å². The van der Waals surface area contributed by atoms with Crippen molar-refractivity contribution in [2.75, 3.05) is 7.11 Å². The molecule has 5 heteroatoms. The number of hydrogen-bond donors (Lipinski definition) is 0. The molecule has 1 aliphatic carbocycles. The van der Waals surface area contributed by atoms with E-state index in [-0.39, 0.29) is 6.10 Å². The van der Waals surface area contributed by atoms with Crippen LogP contribution in [0, 0.1) is 17.8 Å². The maximum atomic E-state index is 6.14. The van der Waals surface area contributed by atoms with Gasteiger partial charge in [0.05, 0.1) is 7.11 Å². The van der Waals surface area contributed by atoms with Crippen LogP contribution in [-0.4, -0.2) is 23.2 Å². The zero-order chi connectivity index (χ0) is 14.7. The van der Waals surface area contributed by atoms with Crippen LogP contribution in [0.25, 0.3) is 0 Å². The fourth-order valence-electron chi connectivity index (χ4n) is 2.99. The van der Waals surface area contributed by atoms with Gasteiger partial charge in [-0.25, -0.2) is 4.98 Å². The van der Waals surface area contributed by atoms with Crippen LogP contribution in [0.1, 0.15) is 40.0 Å². The lowest BCUT2D eigenvalue weighted by Crippen LogP contribution is -2.36. The Morgan fingerprint density at radius 1 is 1.30 bits per heavy atom. The average Bonchev–Trinajstić information content (AvgIpc) is 2.38. The molecule has 1 aliphatic rings. The zero-order valence-corrected chi connectivity index (χ0v) is 13.4. The predicted molar refractivity (Wildman–Crippen MR) is 79.4 cm³/mol. The molecular formula is C15H23ClN2O2. The topological polar surface area (TPSA) is 44.2 Å². The molecule has 1 saturated carbocycles. The van der Waals surface area contributed by atoms with Crippen molar-refractivity contribution >= 4 is 11.6 Å². The lowest BCUT2D eigenvalue weighted by Gasteiger charge is -2.37. The van der Waals surface area contributed by atoms with Gasteiger partial charge in [-0.05, 0) is 30.6 Å². The second-order valence-corrected chi connectivity index (χ2v) is 6.34. The fourth-order valence-corrected chi connectivity index (χ4v) is 3.19. The summed E-state index contributed by atoms with van der Waals surface area (Å²) in [6.07, 6.45) is 5.10. The summed E-state index contributed by atoms with van der Waals surface area (Å²) in [4.78, 5) is 8.10. The third kappa shape index (κ3) is 3.35. The van der Waals surface area contributed by atoms with Crippen LogP contribution < -0.4 is 9.47 Å². The van der Waals surface area contributed by atoms with Gasteiger partial charge < -0.3 is 9.47 Å². The molecule has 0 radical (unpaired) electrons. The Hall–Kier alpha value is -1.03. The second kappa shape index (κ2) is 6.61. The molecule has 0 N–H and O–H groups in total. The molecule has 1 heterocycles. The molecule has 0 spiro atoms. The largest absolute Gasteiger partial charge is 0.489 e. The van der Waals surface area contributed by atoms with Crippen molar-refractivity contribution in [2.45, 2.75) is 46.1 Å². The number of rotatable bonds is 4. The van der Waals surface area contributed by atoms with Crippen molar-refractivity contribution in [3.05, 3.63) is 11.5 Å². The lowest BCUT2D eigenvalue weighted by atomic mass is 9.75. The minimum Gasteiger partial charge on any atom is -0.489 e. The molecule has 20 heavy (non-hydrogen) atoms. The maximum absolute atomic E-state index is 6.14. The van der Waals surface area contributed by atoms with Crippen molar-refractivity contribution in [1.82, 2.24) is 9.97 Å². The van der Waals surface area contributed by atoms with Crippen molar-refractivity contribution < 1.29 is 9.47 Å². The summed E-state index contributed by atoms with van der Waals surface area (Å²) in [6.45, 7) is 6.78. The van der Waals surface area contributed by atoms with Gasteiger partial charge in [-0.1, -0.05) is 38.8 Å². The van der Waals surface area contributed by atoms with E-state index in [4.69, 9.17) is 21.1 Å². The first kappa shape index (κ1) is 15.4. The first-order valence-corrected chi connectivity index (χ1v) is 7.61. The summed E-state index contributed by atoms with van der Waals surface area (Å²) in [7, 11) is 1.56. The Kier molecular flexibility index (Phi) is 5.08. The third-order valence-electron chi connectivity index (χ3n) is 4.16. The Morgan fingerprint density at radius 2 is 2.05 bits per heavy atom. The first-order valence-electron chi connectivity index (χ1n) is 7.24. The molecular weight excluding hydrogens is 276 g/mol. The quantitative estimate of drug-likeness (QED) is 0.789. The molecule has 0 aliphatic heterocycles. The van der Waals surface area contributed by atoms with E-state index in [1.54, 1.807) is 7.11 Å². The van der Waals surface area contributed by atoms with E-state index in [9.17, 15) is 0 Å². The van der Waals surface area contributed by atoms with Crippen molar-refractivity contribution in [3.63, 3.8) is 0 Å². The summed E-state index contributed by atoms with van der Waals surface area (Å²) in [5, 5.41) is 0.294. The summed E-state index contributed by atoms with van der Waals surface area (Å²) < 4.78 is 11.4. The number of ether oxygens (including phenoxy) is 2. The highest BCUT2D eigenvalue weighted by Gasteiger charge is 2.33. The van der Waals surface area contributed by atoms with Crippen molar-refractivity contribution in [2.24, 2.45) is 17.8 Å². The molecule has 2 rings (SSSR count). The lowest BCUT2D eigenvalue weighted by molar-refractivity contribution is 0.0403. The van der Waals surface area contributed by atoms with E-state index in [1.165, 1.54) is 19.2 Å². The van der Waals surface area contributed by atoms with Crippen molar-refractivity contribution in [1.29, 1.82) is 0 Å². The van der Waals surface area contributed by atoms with Crippen LogP contribution in [0.5, 0.6) is 11.6 Å². The smallest absolute Gasteiger partial charge is 0.262 e. The molecule has 0 bridgehead atoms. The van der Waals surface area contributed by atoms with Gasteiger partial charge >= 0.3 is 0 Å². The van der Waals surface area contributed by atoms with Gasteiger partial charge in [0.2, 0.25) is 5.75 Å². The van der Waals surface area contributed by atoms with Gasteiger partial charge in [0.25, 0.3) is 5.88 Å².